The van der Waals surface area contributed by atoms with Crippen molar-refractivity contribution in [3.05, 3.63) is 23.9 Å². The summed E-state index contributed by atoms with van der Waals surface area (Å²) in [6.07, 6.45) is 4.80. The van der Waals surface area contributed by atoms with Crippen LogP contribution in [-0.4, -0.2) is 30.0 Å². The number of carbonyl (C=O) groups is 1. The van der Waals surface area contributed by atoms with E-state index in [4.69, 9.17) is 0 Å². The van der Waals surface area contributed by atoms with E-state index < -0.39 is 0 Å². The van der Waals surface area contributed by atoms with Gasteiger partial charge in [-0.1, -0.05) is 20.8 Å². The van der Waals surface area contributed by atoms with Gasteiger partial charge >= 0.3 is 0 Å². The Morgan fingerprint density at radius 3 is 2.50 bits per heavy atom. The van der Waals surface area contributed by atoms with Crippen molar-refractivity contribution in [2.75, 3.05) is 18.0 Å². The molecule has 1 N–H and O–H groups in total. The number of pyridine rings is 1. The van der Waals surface area contributed by atoms with Gasteiger partial charge in [0.25, 0.3) is 5.91 Å². The maximum Gasteiger partial charge on any atom is 0.251 e. The van der Waals surface area contributed by atoms with Crippen LogP contribution in [0.3, 0.4) is 0 Å². The molecule has 0 fully saturated rings. The summed E-state index contributed by atoms with van der Waals surface area (Å²) in [6, 6.07) is 3.86. The number of hydrogen-bond acceptors (Lipinski definition) is 3. The highest BCUT2D eigenvalue weighted by atomic mass is 16.1. The molecule has 1 aromatic heterocycles. The van der Waals surface area contributed by atoms with Gasteiger partial charge in [-0.25, -0.2) is 4.98 Å². The van der Waals surface area contributed by atoms with E-state index in [9.17, 15) is 4.79 Å². The zero-order chi connectivity index (χ0) is 15.0. The van der Waals surface area contributed by atoms with Crippen LogP contribution in [-0.2, 0) is 0 Å². The molecule has 0 saturated carbocycles. The summed E-state index contributed by atoms with van der Waals surface area (Å²) in [4.78, 5) is 18.8. The van der Waals surface area contributed by atoms with E-state index in [-0.39, 0.29) is 11.9 Å². The van der Waals surface area contributed by atoms with E-state index in [1.165, 1.54) is 0 Å². The first-order valence-electron chi connectivity index (χ1n) is 7.64. The van der Waals surface area contributed by atoms with Crippen LogP contribution < -0.4 is 10.2 Å². The quantitative estimate of drug-likeness (QED) is 0.793. The van der Waals surface area contributed by atoms with Gasteiger partial charge < -0.3 is 10.2 Å². The fraction of sp³-hybridized carbons (Fsp3) is 0.625. The lowest BCUT2D eigenvalue weighted by molar-refractivity contribution is 0.0939. The molecule has 0 aliphatic heterocycles. The standard InChI is InChI=1S/C16H27N3O/c1-5-10-19(11-6-2)15-12-14(8-9-17-15)16(20)18-13(4)7-3/h8-9,12-13H,5-7,10-11H2,1-4H3,(H,18,20). The maximum absolute atomic E-state index is 12.1. The molecule has 1 atom stereocenters. The van der Waals surface area contributed by atoms with Gasteiger partial charge in [0, 0.05) is 30.9 Å². The normalized spacial score (nSPS) is 12.0. The van der Waals surface area contributed by atoms with Crippen molar-refractivity contribution in [1.29, 1.82) is 0 Å². The van der Waals surface area contributed by atoms with Crippen molar-refractivity contribution in [2.45, 2.75) is 53.0 Å². The van der Waals surface area contributed by atoms with E-state index >= 15 is 0 Å². The predicted octanol–water partition coefficient (Wildman–Crippen LogP) is 3.24. The first-order valence-corrected chi connectivity index (χ1v) is 7.64. The van der Waals surface area contributed by atoms with Crippen molar-refractivity contribution in [3.63, 3.8) is 0 Å². The van der Waals surface area contributed by atoms with E-state index in [0.717, 1.165) is 38.2 Å². The number of aromatic nitrogens is 1. The Kier molecular flexibility index (Phi) is 7.05. The lowest BCUT2D eigenvalue weighted by Gasteiger charge is -2.23. The van der Waals surface area contributed by atoms with Gasteiger partial charge in [0.05, 0.1) is 0 Å². The second kappa shape index (κ2) is 8.56. The van der Waals surface area contributed by atoms with Crippen molar-refractivity contribution in [1.82, 2.24) is 10.3 Å². The number of nitrogens with zero attached hydrogens (tertiary/aromatic N) is 2. The maximum atomic E-state index is 12.1. The molecule has 0 bridgehead atoms. The minimum atomic E-state index is -0.0176. The number of amides is 1. The van der Waals surface area contributed by atoms with E-state index in [1.54, 1.807) is 12.3 Å². The smallest absolute Gasteiger partial charge is 0.251 e. The summed E-state index contributed by atoms with van der Waals surface area (Å²) in [6.45, 7) is 10.3. The van der Waals surface area contributed by atoms with Crippen molar-refractivity contribution < 1.29 is 4.79 Å². The molecule has 1 aromatic rings. The second-order valence-corrected chi connectivity index (χ2v) is 5.17. The Hall–Kier alpha value is -1.58. The monoisotopic (exact) mass is 277 g/mol. The highest BCUT2D eigenvalue weighted by Gasteiger charge is 2.12. The summed E-state index contributed by atoms with van der Waals surface area (Å²) < 4.78 is 0. The molecule has 0 aromatic carbocycles. The van der Waals surface area contributed by atoms with Crippen molar-refractivity contribution in [2.24, 2.45) is 0 Å². The van der Waals surface area contributed by atoms with Crippen LogP contribution in [0.15, 0.2) is 18.3 Å². The third kappa shape index (κ3) is 4.83. The van der Waals surface area contributed by atoms with Crippen LogP contribution in [0.4, 0.5) is 5.82 Å². The predicted molar refractivity (Wildman–Crippen MR) is 84.3 cm³/mol. The molecular formula is C16H27N3O. The first kappa shape index (κ1) is 16.5. The van der Waals surface area contributed by atoms with Crippen molar-refractivity contribution >= 4 is 11.7 Å². The fourth-order valence-electron chi connectivity index (χ4n) is 2.02. The van der Waals surface area contributed by atoms with Crippen LogP contribution in [0.2, 0.25) is 0 Å². The zero-order valence-electron chi connectivity index (χ0n) is 13.1. The molecule has 0 aliphatic rings. The van der Waals surface area contributed by atoms with Crippen LogP contribution in [0.1, 0.15) is 57.3 Å². The van der Waals surface area contributed by atoms with Gasteiger partial charge in [0.15, 0.2) is 0 Å². The third-order valence-corrected chi connectivity index (χ3v) is 3.31. The Morgan fingerprint density at radius 2 is 1.95 bits per heavy atom. The van der Waals surface area contributed by atoms with Crippen LogP contribution in [0.25, 0.3) is 0 Å². The minimum absolute atomic E-state index is 0.0176. The average molecular weight is 277 g/mol. The molecule has 112 valence electrons. The summed E-state index contributed by atoms with van der Waals surface area (Å²) in [7, 11) is 0. The van der Waals surface area contributed by atoms with E-state index in [1.807, 2.05) is 13.0 Å². The number of anilines is 1. The fourth-order valence-corrected chi connectivity index (χ4v) is 2.02. The molecule has 1 unspecified atom stereocenters. The zero-order valence-corrected chi connectivity index (χ0v) is 13.1. The Labute approximate surface area is 122 Å². The minimum Gasteiger partial charge on any atom is -0.357 e. The number of carbonyl (C=O) groups excluding carboxylic acids is 1. The van der Waals surface area contributed by atoms with E-state index in [2.05, 4.69) is 36.0 Å². The molecule has 1 amide bonds. The molecule has 4 heteroatoms. The SMILES string of the molecule is CCCN(CCC)c1cc(C(=O)NC(C)CC)ccn1. The third-order valence-electron chi connectivity index (χ3n) is 3.31. The molecule has 1 rings (SSSR count). The number of hydrogen-bond donors (Lipinski definition) is 1. The van der Waals surface area contributed by atoms with Crippen LogP contribution in [0, 0.1) is 0 Å². The largest absolute Gasteiger partial charge is 0.357 e. The molecular weight excluding hydrogens is 250 g/mol. The summed E-state index contributed by atoms with van der Waals surface area (Å²) in [5.74, 6) is 0.876. The summed E-state index contributed by atoms with van der Waals surface area (Å²) in [5, 5.41) is 2.99. The van der Waals surface area contributed by atoms with Gasteiger partial charge in [0.2, 0.25) is 0 Å². The molecule has 0 radical (unpaired) electrons. The molecule has 0 aliphatic carbocycles. The van der Waals surface area contributed by atoms with Gasteiger partial charge in [-0.3, -0.25) is 4.79 Å². The van der Waals surface area contributed by atoms with Gasteiger partial charge in [-0.2, -0.15) is 0 Å². The van der Waals surface area contributed by atoms with Gasteiger partial charge in [-0.15, -0.1) is 0 Å². The number of nitrogens with one attached hydrogen (secondary N) is 1. The van der Waals surface area contributed by atoms with Crippen molar-refractivity contribution in [3.8, 4) is 0 Å². The van der Waals surface area contributed by atoms with Crippen LogP contribution >= 0.6 is 0 Å². The van der Waals surface area contributed by atoms with E-state index in [0.29, 0.717) is 5.56 Å². The topological polar surface area (TPSA) is 45.2 Å². The average Bonchev–Trinajstić information content (AvgIpc) is 2.47. The van der Waals surface area contributed by atoms with Gasteiger partial charge in [0.1, 0.15) is 5.82 Å². The molecule has 1 heterocycles. The molecule has 0 saturated heterocycles. The summed E-state index contributed by atoms with van der Waals surface area (Å²) >= 11 is 0. The van der Waals surface area contributed by atoms with Gasteiger partial charge in [-0.05, 0) is 38.3 Å². The summed E-state index contributed by atoms with van der Waals surface area (Å²) in [5.41, 5.74) is 0.688. The molecule has 4 nitrogen and oxygen atoms in total. The number of rotatable bonds is 8. The lowest BCUT2D eigenvalue weighted by atomic mass is 10.2. The molecule has 20 heavy (non-hydrogen) atoms. The Bertz CT molecular complexity index is 414. The second-order valence-electron chi connectivity index (χ2n) is 5.17. The highest BCUT2D eigenvalue weighted by molar-refractivity contribution is 5.95. The Balaban J connectivity index is 2.85. The Morgan fingerprint density at radius 1 is 1.30 bits per heavy atom. The van der Waals surface area contributed by atoms with Crippen LogP contribution in [0.5, 0.6) is 0 Å². The highest BCUT2D eigenvalue weighted by Crippen LogP contribution is 2.14. The lowest BCUT2D eigenvalue weighted by Crippen LogP contribution is -2.32. The molecule has 0 spiro atoms. The first-order chi connectivity index (χ1) is 9.62.